The minimum atomic E-state index is -1.89. The summed E-state index contributed by atoms with van der Waals surface area (Å²) >= 11 is 7.59. The number of hydrogen-bond acceptors (Lipinski definition) is 0. The number of rotatable bonds is 20. The standard InChI is InChI=1S/C50H44I5P4Se4/c51-53-60-56(43-25-9-1-10-26-43,44-27-11-2-12-28-44)41-58(47-33-17-5-18-34-47,48-35-19-6-20-36-48)62-55-63-59(49-37-21-7-22-38-49,50-39-23-8-24-40-50)42-57(61-54-52,45-29-13-3-14-30-45)46-31-15-4-16-32-46/h1-40H,41-42H2/q+1. The second kappa shape index (κ2) is 25.4. The zero-order chi connectivity index (χ0) is 43.3. The predicted octanol–water partition coefficient (Wildman–Crippen LogP) is 1.68. The molecule has 8 rings (SSSR count). The zero-order valence-electron chi connectivity index (χ0n) is 33.8. The molecule has 0 saturated heterocycles. The topological polar surface area (TPSA) is 0 Å². The molecule has 0 bridgehead atoms. The van der Waals surface area contributed by atoms with Crippen molar-refractivity contribution in [3.8, 4) is 0 Å². The van der Waals surface area contributed by atoms with Gasteiger partial charge < -0.3 is 0 Å². The molecule has 63 heavy (non-hydrogen) atoms. The van der Waals surface area contributed by atoms with E-state index >= 15 is 0 Å². The number of halogens is 5. The van der Waals surface area contributed by atoms with Crippen molar-refractivity contribution >= 4 is 149 Å². The van der Waals surface area contributed by atoms with Gasteiger partial charge in [0.25, 0.3) is 0 Å². The first-order valence-corrected chi connectivity index (χ1v) is 70.2. The Hall–Kier alpha value is 1.21. The number of hydrogen-bond donors (Lipinski definition) is 0. The first-order chi connectivity index (χ1) is 31.1. The molecule has 0 atom stereocenters. The summed E-state index contributed by atoms with van der Waals surface area (Å²) in [4.78, 5) is 0. The summed E-state index contributed by atoms with van der Waals surface area (Å²) < 4.78 is 0. The maximum atomic E-state index is 2.83. The molecule has 0 aliphatic rings. The molecule has 0 amide bonds. The third kappa shape index (κ3) is 11.9. The molecule has 8 aromatic rings. The molecular weight excluding hydrogens is 1670 g/mol. The molecule has 0 saturated carbocycles. The van der Waals surface area contributed by atoms with Crippen LogP contribution in [0.15, 0.2) is 243 Å². The average Bonchev–Trinajstić information content (AvgIpc) is 3.37. The predicted molar refractivity (Wildman–Crippen MR) is 297 cm³/mol. The van der Waals surface area contributed by atoms with E-state index < -0.39 is 23.8 Å². The molecule has 0 nitrogen and oxygen atoms in total. The summed E-state index contributed by atoms with van der Waals surface area (Å²) in [5.74, 6) is -4.67. The van der Waals surface area contributed by atoms with Crippen LogP contribution in [0.25, 0.3) is 0 Å². The second-order valence-electron chi connectivity index (χ2n) is 14.4. The van der Waals surface area contributed by atoms with E-state index in [-0.39, 0.29) is 46.7 Å². The summed E-state index contributed by atoms with van der Waals surface area (Å²) in [6.07, 6.45) is 0. The van der Waals surface area contributed by atoms with Gasteiger partial charge in [-0.05, 0) is 0 Å². The average molecular weight is 1720 g/mol. The Morgan fingerprint density at radius 3 is 0.571 bits per heavy atom. The quantitative estimate of drug-likeness (QED) is 0.0621. The Morgan fingerprint density at radius 1 is 0.254 bits per heavy atom. The van der Waals surface area contributed by atoms with E-state index in [4.69, 9.17) is 0 Å². The van der Waals surface area contributed by atoms with Crippen molar-refractivity contribution in [2.45, 2.75) is 0 Å². The van der Waals surface area contributed by atoms with E-state index in [0.29, 0.717) is 45.1 Å². The summed E-state index contributed by atoms with van der Waals surface area (Å²) in [5.41, 5.74) is 0. The first-order valence-electron chi connectivity index (χ1n) is 20.0. The van der Waals surface area contributed by atoms with Crippen LogP contribution in [0.1, 0.15) is 0 Å². The molecule has 0 fully saturated rings. The van der Waals surface area contributed by atoms with Gasteiger partial charge >= 0.3 is 450 Å². The molecule has 0 aliphatic heterocycles. The summed E-state index contributed by atoms with van der Waals surface area (Å²) in [6.45, 7) is 0. The molecule has 322 valence electrons. The third-order valence-electron chi connectivity index (χ3n) is 10.8. The minimum absolute atomic E-state index is 0.0442. The SMILES string of the molecule is I[I-][Se][P+](C[P+]([Se][I-][Se][P+](C[P+]([Se][I-]I)(c1ccccc1)c1ccccc1)(c1ccccc1)c1ccccc1)(c1ccccc1)c1ccccc1)(c1ccccc1)c1ccccc1. The normalized spacial score (nSPS) is 12.4. The molecule has 0 spiro atoms. The van der Waals surface area contributed by atoms with Gasteiger partial charge in [0.15, 0.2) is 0 Å². The van der Waals surface area contributed by atoms with Gasteiger partial charge in [0, 0.05) is 0 Å². The van der Waals surface area contributed by atoms with Crippen molar-refractivity contribution in [1.82, 2.24) is 0 Å². The van der Waals surface area contributed by atoms with Crippen LogP contribution in [-0.4, -0.2) is 56.9 Å². The van der Waals surface area contributed by atoms with Gasteiger partial charge in [0.1, 0.15) is 0 Å². The summed E-state index contributed by atoms with van der Waals surface area (Å²) in [6, 6.07) is 96.0. The van der Waals surface area contributed by atoms with Crippen molar-refractivity contribution in [2.24, 2.45) is 0 Å². The van der Waals surface area contributed by atoms with E-state index in [1.54, 1.807) is 42.4 Å². The molecule has 0 aromatic heterocycles. The molecule has 0 unspecified atom stereocenters. The van der Waals surface area contributed by atoms with Crippen molar-refractivity contribution in [2.75, 3.05) is 11.8 Å². The second-order valence-corrected chi connectivity index (χ2v) is 109. The van der Waals surface area contributed by atoms with Crippen LogP contribution < -0.4 is 89.1 Å². The van der Waals surface area contributed by atoms with Crippen LogP contribution in [0.4, 0.5) is 0 Å². The first kappa shape index (κ1) is 50.6. The summed E-state index contributed by atoms with van der Waals surface area (Å²) in [7, 11) is 0. The Balaban J connectivity index is 1.34. The third-order valence-corrected chi connectivity index (χ3v) is 161. The van der Waals surface area contributed by atoms with Crippen molar-refractivity contribution in [3.05, 3.63) is 243 Å². The van der Waals surface area contributed by atoms with Crippen molar-refractivity contribution in [1.29, 1.82) is 0 Å². The Bertz CT molecular complexity index is 2240. The maximum absolute atomic E-state index is 2.83. The molecule has 0 heterocycles. The Kier molecular flexibility index (Phi) is 20.4. The molecule has 0 radical (unpaired) electrons. The fourth-order valence-corrected chi connectivity index (χ4v) is 245. The van der Waals surface area contributed by atoms with E-state index in [0.717, 1.165) is 0 Å². The van der Waals surface area contributed by atoms with Gasteiger partial charge in [0.2, 0.25) is 0 Å². The van der Waals surface area contributed by atoms with Crippen molar-refractivity contribution in [3.63, 3.8) is 0 Å². The van der Waals surface area contributed by atoms with Crippen LogP contribution in [0.3, 0.4) is 0 Å². The van der Waals surface area contributed by atoms with Gasteiger partial charge in [-0.3, -0.25) is 0 Å². The van der Waals surface area contributed by atoms with Gasteiger partial charge in [-0.2, -0.15) is 0 Å². The molecule has 0 aliphatic carbocycles. The van der Waals surface area contributed by atoms with Gasteiger partial charge in [0.05, 0.1) is 0 Å². The molecular formula is C50H44I5P4Se4+. The Morgan fingerprint density at radius 2 is 0.413 bits per heavy atom. The van der Waals surface area contributed by atoms with Crippen LogP contribution in [-0.2, 0) is 0 Å². The van der Waals surface area contributed by atoms with Gasteiger partial charge in [-0.15, -0.1) is 0 Å². The van der Waals surface area contributed by atoms with Gasteiger partial charge in [-0.25, -0.2) is 0 Å². The van der Waals surface area contributed by atoms with Crippen LogP contribution in [0.5, 0.6) is 0 Å². The fraction of sp³-hybridized carbons (Fsp3) is 0.0400. The van der Waals surface area contributed by atoms with Crippen molar-refractivity contribution < 1.29 is 46.7 Å². The number of benzene rings is 8. The monoisotopic (exact) mass is 1720 g/mol. The zero-order valence-corrected chi connectivity index (χ0v) is 55.0. The van der Waals surface area contributed by atoms with Crippen LogP contribution in [0, 0.1) is 0 Å². The van der Waals surface area contributed by atoms with E-state index in [2.05, 4.69) is 280 Å². The van der Waals surface area contributed by atoms with Crippen LogP contribution >= 0.6 is 61.0 Å². The van der Waals surface area contributed by atoms with E-state index in [9.17, 15) is 0 Å². The van der Waals surface area contributed by atoms with Crippen LogP contribution in [0.2, 0.25) is 0 Å². The van der Waals surface area contributed by atoms with E-state index in [1.807, 2.05) is 0 Å². The molecule has 8 aromatic carbocycles. The molecule has 13 heteroatoms. The van der Waals surface area contributed by atoms with Gasteiger partial charge in [-0.1, -0.05) is 0 Å². The van der Waals surface area contributed by atoms with E-state index in [1.165, 1.54) is 11.8 Å². The fourth-order valence-electron chi connectivity index (χ4n) is 7.76. The molecule has 0 N–H and O–H groups in total. The summed E-state index contributed by atoms with van der Waals surface area (Å²) in [5, 5.41) is 13.1. The Labute approximate surface area is 442 Å².